The molecule has 0 saturated heterocycles. The largest absolute Gasteiger partial charge is 0.317 e. The topological polar surface area (TPSA) is 29.1 Å². The number of fused-ring (bicyclic) bond motifs is 1. The highest BCUT2D eigenvalue weighted by Gasteiger charge is 2.12. The molecule has 1 aromatic rings. The molecule has 3 heteroatoms. The van der Waals surface area contributed by atoms with Crippen LogP contribution in [0.15, 0.2) is 23.1 Å². The molecule has 0 aliphatic heterocycles. The maximum absolute atomic E-state index is 12.1. The maximum atomic E-state index is 12.1. The summed E-state index contributed by atoms with van der Waals surface area (Å²) in [5.41, 5.74) is 2.88. The average Bonchev–Trinajstić information content (AvgIpc) is 2.81. The van der Waals surface area contributed by atoms with Gasteiger partial charge in [0, 0.05) is 10.6 Å². The monoisotopic (exact) mass is 251 g/mol. The number of benzene rings is 1. The molecule has 17 heavy (non-hydrogen) atoms. The number of hydrogen-bond acceptors (Lipinski definition) is 2. The van der Waals surface area contributed by atoms with Crippen LogP contribution in [-0.2, 0) is 23.6 Å². The SMILES string of the molecule is CCNCCCS(=O)c1ccc2c(c1)CCC2. The first-order valence-corrected chi connectivity index (χ1v) is 7.84. The molecule has 0 spiro atoms. The van der Waals surface area contributed by atoms with Crippen molar-refractivity contribution >= 4 is 10.8 Å². The minimum atomic E-state index is -0.819. The Morgan fingerprint density at radius 1 is 1.29 bits per heavy atom. The van der Waals surface area contributed by atoms with E-state index in [0.717, 1.165) is 36.6 Å². The molecule has 0 fully saturated rings. The lowest BCUT2D eigenvalue weighted by atomic mass is 10.1. The molecule has 0 radical (unpaired) electrons. The first-order chi connectivity index (χ1) is 8.31. The van der Waals surface area contributed by atoms with E-state index >= 15 is 0 Å². The zero-order chi connectivity index (χ0) is 12.1. The van der Waals surface area contributed by atoms with Crippen molar-refractivity contribution in [3.63, 3.8) is 0 Å². The van der Waals surface area contributed by atoms with Gasteiger partial charge in [-0.3, -0.25) is 4.21 Å². The van der Waals surface area contributed by atoms with Crippen molar-refractivity contribution in [3.05, 3.63) is 29.3 Å². The quantitative estimate of drug-likeness (QED) is 0.786. The van der Waals surface area contributed by atoms with Crippen molar-refractivity contribution in [3.8, 4) is 0 Å². The third kappa shape index (κ3) is 3.39. The lowest BCUT2D eigenvalue weighted by molar-refractivity contribution is 0.670. The van der Waals surface area contributed by atoms with Crippen LogP contribution in [0, 0.1) is 0 Å². The van der Waals surface area contributed by atoms with Gasteiger partial charge in [0.05, 0.1) is 10.8 Å². The number of aryl methyl sites for hydroxylation is 2. The molecule has 2 rings (SSSR count). The maximum Gasteiger partial charge on any atom is 0.0530 e. The molecular weight excluding hydrogens is 230 g/mol. The van der Waals surface area contributed by atoms with Crippen LogP contribution in [-0.4, -0.2) is 23.1 Å². The molecule has 1 aliphatic rings. The van der Waals surface area contributed by atoms with Gasteiger partial charge in [0.1, 0.15) is 0 Å². The number of rotatable bonds is 6. The molecule has 0 amide bonds. The van der Waals surface area contributed by atoms with Crippen LogP contribution in [0.2, 0.25) is 0 Å². The molecule has 1 aromatic carbocycles. The lowest BCUT2D eigenvalue weighted by Crippen LogP contribution is -2.16. The van der Waals surface area contributed by atoms with Crippen LogP contribution in [0.1, 0.15) is 30.9 Å². The van der Waals surface area contributed by atoms with Gasteiger partial charge in [-0.25, -0.2) is 0 Å². The number of nitrogens with one attached hydrogen (secondary N) is 1. The van der Waals surface area contributed by atoms with Gasteiger partial charge < -0.3 is 5.32 Å². The molecule has 0 bridgehead atoms. The Balaban J connectivity index is 1.91. The van der Waals surface area contributed by atoms with E-state index in [4.69, 9.17) is 0 Å². The summed E-state index contributed by atoms with van der Waals surface area (Å²) in [6, 6.07) is 6.37. The molecule has 1 N–H and O–H groups in total. The molecule has 0 aromatic heterocycles. The Bertz CT molecular complexity index is 403. The van der Waals surface area contributed by atoms with Crippen LogP contribution in [0.3, 0.4) is 0 Å². The van der Waals surface area contributed by atoms with E-state index < -0.39 is 10.8 Å². The van der Waals surface area contributed by atoms with Gasteiger partial charge in [-0.05, 0) is 62.0 Å². The molecule has 0 heterocycles. The fraction of sp³-hybridized carbons (Fsp3) is 0.571. The highest BCUT2D eigenvalue weighted by molar-refractivity contribution is 7.85. The minimum absolute atomic E-state index is 0.770. The fourth-order valence-corrected chi connectivity index (χ4v) is 3.45. The Hall–Kier alpha value is -0.670. The van der Waals surface area contributed by atoms with Crippen LogP contribution in [0.5, 0.6) is 0 Å². The summed E-state index contributed by atoms with van der Waals surface area (Å²) in [4.78, 5) is 1.02. The normalized spacial score (nSPS) is 15.8. The highest BCUT2D eigenvalue weighted by atomic mass is 32.2. The molecule has 0 saturated carbocycles. The molecule has 1 atom stereocenters. The van der Waals surface area contributed by atoms with Crippen LogP contribution >= 0.6 is 0 Å². The van der Waals surface area contributed by atoms with Crippen molar-refractivity contribution in [2.24, 2.45) is 0 Å². The first-order valence-electron chi connectivity index (χ1n) is 6.52. The van der Waals surface area contributed by atoms with Gasteiger partial charge >= 0.3 is 0 Å². The molecule has 1 unspecified atom stereocenters. The standard InChI is InChI=1S/C14H21NOS/c1-2-15-9-4-10-17(16)14-8-7-12-5-3-6-13(12)11-14/h7-8,11,15H,2-6,9-10H2,1H3. The van der Waals surface area contributed by atoms with Crippen molar-refractivity contribution in [1.82, 2.24) is 5.32 Å². The van der Waals surface area contributed by atoms with Gasteiger partial charge in [0.25, 0.3) is 0 Å². The van der Waals surface area contributed by atoms with Gasteiger partial charge in [-0.15, -0.1) is 0 Å². The zero-order valence-corrected chi connectivity index (χ0v) is 11.3. The summed E-state index contributed by atoms with van der Waals surface area (Å²) in [5.74, 6) is 0.770. The number of hydrogen-bond donors (Lipinski definition) is 1. The summed E-state index contributed by atoms with van der Waals surface area (Å²) in [6.07, 6.45) is 4.60. The van der Waals surface area contributed by atoms with E-state index in [-0.39, 0.29) is 0 Å². The van der Waals surface area contributed by atoms with E-state index in [1.54, 1.807) is 0 Å². The Kier molecular flexibility index (Phi) is 4.75. The van der Waals surface area contributed by atoms with E-state index in [2.05, 4.69) is 24.4 Å². The van der Waals surface area contributed by atoms with Gasteiger partial charge in [-0.2, -0.15) is 0 Å². The zero-order valence-electron chi connectivity index (χ0n) is 10.5. The van der Waals surface area contributed by atoms with Gasteiger partial charge in [0.15, 0.2) is 0 Å². The van der Waals surface area contributed by atoms with Gasteiger partial charge in [0.2, 0.25) is 0 Å². The summed E-state index contributed by atoms with van der Waals surface area (Å²) < 4.78 is 12.1. The first kappa shape index (κ1) is 12.8. The Morgan fingerprint density at radius 3 is 2.94 bits per heavy atom. The second-order valence-corrected chi connectivity index (χ2v) is 6.11. The summed E-state index contributed by atoms with van der Waals surface area (Å²) in [7, 11) is -0.819. The molecular formula is C14H21NOS. The van der Waals surface area contributed by atoms with Crippen LogP contribution < -0.4 is 5.32 Å². The Morgan fingerprint density at radius 2 is 2.12 bits per heavy atom. The predicted molar refractivity (Wildman–Crippen MR) is 72.9 cm³/mol. The molecule has 1 aliphatic carbocycles. The third-order valence-electron chi connectivity index (χ3n) is 3.27. The second-order valence-electron chi connectivity index (χ2n) is 4.54. The van der Waals surface area contributed by atoms with Crippen molar-refractivity contribution in [2.45, 2.75) is 37.5 Å². The third-order valence-corrected chi connectivity index (χ3v) is 4.71. The fourth-order valence-electron chi connectivity index (χ4n) is 2.31. The predicted octanol–water partition coefficient (Wildman–Crippen LogP) is 2.28. The molecule has 94 valence electrons. The van der Waals surface area contributed by atoms with E-state index in [1.165, 1.54) is 24.0 Å². The highest BCUT2D eigenvalue weighted by Crippen LogP contribution is 2.24. The van der Waals surface area contributed by atoms with E-state index in [9.17, 15) is 4.21 Å². The minimum Gasteiger partial charge on any atom is -0.317 e. The van der Waals surface area contributed by atoms with Crippen molar-refractivity contribution < 1.29 is 4.21 Å². The smallest absolute Gasteiger partial charge is 0.0530 e. The summed E-state index contributed by atoms with van der Waals surface area (Å²) in [6.45, 7) is 4.05. The lowest BCUT2D eigenvalue weighted by Gasteiger charge is -2.05. The van der Waals surface area contributed by atoms with Crippen LogP contribution in [0.25, 0.3) is 0 Å². The van der Waals surface area contributed by atoms with E-state index in [0.29, 0.717) is 0 Å². The van der Waals surface area contributed by atoms with E-state index in [1.807, 2.05) is 6.07 Å². The van der Waals surface area contributed by atoms with Crippen molar-refractivity contribution in [1.29, 1.82) is 0 Å². The average molecular weight is 251 g/mol. The van der Waals surface area contributed by atoms with Crippen molar-refractivity contribution in [2.75, 3.05) is 18.8 Å². The summed E-state index contributed by atoms with van der Waals surface area (Å²) >= 11 is 0. The summed E-state index contributed by atoms with van der Waals surface area (Å²) in [5, 5.41) is 3.26. The molecule has 2 nitrogen and oxygen atoms in total. The second kappa shape index (κ2) is 6.31. The van der Waals surface area contributed by atoms with Crippen LogP contribution in [0.4, 0.5) is 0 Å². The Labute approximate surface area is 106 Å². The van der Waals surface area contributed by atoms with Gasteiger partial charge in [-0.1, -0.05) is 13.0 Å².